The minimum atomic E-state index is -0.721. The van der Waals surface area contributed by atoms with Crippen molar-refractivity contribution >= 4 is 23.8 Å². The third-order valence-corrected chi connectivity index (χ3v) is 9.96. The van der Waals surface area contributed by atoms with Gasteiger partial charge >= 0.3 is 6.09 Å². The number of hydrogen-bond donors (Lipinski definition) is 0. The van der Waals surface area contributed by atoms with E-state index in [0.29, 0.717) is 74.0 Å². The van der Waals surface area contributed by atoms with Gasteiger partial charge in [-0.1, -0.05) is 18.6 Å². The van der Waals surface area contributed by atoms with Crippen molar-refractivity contribution in [2.45, 2.75) is 77.4 Å². The number of fused-ring (bicyclic) bond motifs is 2. The second kappa shape index (κ2) is 15.6. The molecular weight excluding hydrogens is 640 g/mol. The lowest BCUT2D eigenvalue weighted by Gasteiger charge is -2.42. The van der Waals surface area contributed by atoms with Crippen LogP contribution in [0.5, 0.6) is 17.2 Å². The summed E-state index contributed by atoms with van der Waals surface area (Å²) in [6.45, 7) is 8.25. The van der Waals surface area contributed by atoms with Gasteiger partial charge in [0.1, 0.15) is 17.4 Å². The highest BCUT2D eigenvalue weighted by Crippen LogP contribution is 2.39. The molecule has 1 spiro atoms. The Balaban J connectivity index is 1.27. The lowest BCUT2D eigenvalue weighted by Crippen LogP contribution is -2.49. The molecule has 1 fully saturated rings. The molecule has 0 bridgehead atoms. The van der Waals surface area contributed by atoms with E-state index in [1.54, 1.807) is 72.2 Å². The van der Waals surface area contributed by atoms with Crippen LogP contribution in [0.4, 0.5) is 4.79 Å². The summed E-state index contributed by atoms with van der Waals surface area (Å²) in [7, 11) is 5.18. The quantitative estimate of drug-likeness (QED) is 0.407. The number of benzene rings is 2. The van der Waals surface area contributed by atoms with Crippen LogP contribution >= 0.6 is 0 Å². The van der Waals surface area contributed by atoms with Crippen molar-refractivity contribution < 1.29 is 38.1 Å². The van der Waals surface area contributed by atoms with Crippen LogP contribution in [0.15, 0.2) is 42.5 Å². The lowest BCUT2D eigenvalue weighted by atomic mass is 9.75. The van der Waals surface area contributed by atoms with Crippen molar-refractivity contribution in [2.75, 3.05) is 60.7 Å². The van der Waals surface area contributed by atoms with Gasteiger partial charge in [0, 0.05) is 58.3 Å². The van der Waals surface area contributed by atoms with E-state index in [4.69, 9.17) is 18.9 Å². The van der Waals surface area contributed by atoms with Crippen molar-refractivity contribution in [2.24, 2.45) is 5.41 Å². The molecule has 0 aliphatic carbocycles. The number of carbonyl (C=O) groups excluding carboxylic acids is 4. The predicted octanol–water partition coefficient (Wildman–Crippen LogP) is 5.45. The van der Waals surface area contributed by atoms with Crippen molar-refractivity contribution in [3.63, 3.8) is 0 Å². The number of hydrogen-bond acceptors (Lipinski definition) is 8. The van der Waals surface area contributed by atoms with Crippen LogP contribution in [0.25, 0.3) is 0 Å². The number of piperidine rings is 1. The van der Waals surface area contributed by atoms with Crippen molar-refractivity contribution in [1.82, 2.24) is 19.6 Å². The molecule has 5 rings (SSSR count). The summed E-state index contributed by atoms with van der Waals surface area (Å²) in [6.07, 6.45) is 4.66. The average Bonchev–Trinajstić information content (AvgIpc) is 3.57. The fourth-order valence-corrected chi connectivity index (χ4v) is 6.86. The number of carbonyl (C=O) groups is 4. The molecular formula is C38H52N4O8. The van der Waals surface area contributed by atoms with Crippen LogP contribution < -0.4 is 14.2 Å². The maximum Gasteiger partial charge on any atom is 0.410 e. The van der Waals surface area contributed by atoms with E-state index in [-0.39, 0.29) is 36.0 Å². The van der Waals surface area contributed by atoms with Gasteiger partial charge in [-0.3, -0.25) is 14.4 Å². The zero-order valence-electron chi connectivity index (χ0n) is 30.4. The Kier molecular flexibility index (Phi) is 11.5. The molecule has 0 N–H and O–H groups in total. The lowest BCUT2D eigenvalue weighted by molar-refractivity contribution is -0.134. The molecule has 0 radical (unpaired) electrons. The zero-order valence-corrected chi connectivity index (χ0v) is 30.4. The van der Waals surface area contributed by atoms with Gasteiger partial charge in [0.2, 0.25) is 12.7 Å². The van der Waals surface area contributed by atoms with E-state index in [9.17, 15) is 19.2 Å². The van der Waals surface area contributed by atoms with Crippen molar-refractivity contribution in [1.29, 1.82) is 0 Å². The van der Waals surface area contributed by atoms with E-state index in [1.165, 1.54) is 4.90 Å². The molecule has 3 aliphatic rings. The first-order chi connectivity index (χ1) is 23.8. The fourth-order valence-electron chi connectivity index (χ4n) is 6.86. The Morgan fingerprint density at radius 2 is 1.64 bits per heavy atom. The van der Waals surface area contributed by atoms with Gasteiger partial charge < -0.3 is 38.5 Å². The monoisotopic (exact) mass is 692 g/mol. The second-order valence-corrected chi connectivity index (χ2v) is 14.8. The number of amides is 4. The molecule has 272 valence electrons. The van der Waals surface area contributed by atoms with Gasteiger partial charge in [0.25, 0.3) is 11.8 Å². The maximum atomic E-state index is 14.1. The number of rotatable bonds is 5. The van der Waals surface area contributed by atoms with Crippen LogP contribution in [-0.2, 0) is 9.53 Å². The predicted molar refractivity (Wildman–Crippen MR) is 188 cm³/mol. The summed E-state index contributed by atoms with van der Waals surface area (Å²) in [5, 5.41) is 0. The van der Waals surface area contributed by atoms with Crippen molar-refractivity contribution in [3.8, 4) is 17.2 Å². The fraction of sp³-hybridized carbons (Fsp3) is 0.579. The molecule has 1 saturated heterocycles. The molecule has 0 unspecified atom stereocenters. The summed E-state index contributed by atoms with van der Waals surface area (Å²) in [6, 6.07) is 11.6. The van der Waals surface area contributed by atoms with Crippen LogP contribution in [0, 0.1) is 5.41 Å². The van der Waals surface area contributed by atoms with Crippen LogP contribution in [0.2, 0.25) is 0 Å². The Morgan fingerprint density at radius 1 is 0.920 bits per heavy atom. The number of ether oxygens (including phenoxy) is 4. The third-order valence-electron chi connectivity index (χ3n) is 9.96. The van der Waals surface area contributed by atoms with E-state index in [2.05, 4.69) is 0 Å². The highest BCUT2D eigenvalue weighted by Gasteiger charge is 2.39. The molecule has 2 aromatic carbocycles. The van der Waals surface area contributed by atoms with Gasteiger partial charge in [0.15, 0.2) is 11.5 Å². The van der Waals surface area contributed by atoms with Crippen LogP contribution in [-0.4, -0.2) is 116 Å². The Labute approximate surface area is 295 Å². The van der Waals surface area contributed by atoms with E-state index >= 15 is 0 Å². The summed E-state index contributed by atoms with van der Waals surface area (Å²) in [4.78, 5) is 60.6. The standard InChI is InChI=1S/C38H52N4O8/c1-37(2,3)50-36(46)42-22-18-38(19-23-42)17-9-10-20-40(5)35(45)29(41(6)34(44)28-12-7-8-14-30(28)47-25-38)13-11-21-39(4)33(43)27-15-16-31-32(24-27)49-26-48-31/h7-8,12,14-16,24,29H,9-11,13,17-23,25-26H2,1-6H3/t29-/m0/s1. The summed E-state index contributed by atoms with van der Waals surface area (Å²) >= 11 is 0. The normalized spacial score (nSPS) is 19.8. The third kappa shape index (κ3) is 8.81. The van der Waals surface area contributed by atoms with E-state index in [1.807, 2.05) is 26.8 Å². The Hall–Kier alpha value is -4.48. The molecule has 3 heterocycles. The first kappa shape index (κ1) is 36.8. The summed E-state index contributed by atoms with van der Waals surface area (Å²) in [5.41, 5.74) is 0.143. The molecule has 50 heavy (non-hydrogen) atoms. The molecule has 0 aromatic heterocycles. The molecule has 0 saturated carbocycles. The average molecular weight is 693 g/mol. The van der Waals surface area contributed by atoms with Gasteiger partial charge in [-0.25, -0.2) is 4.79 Å². The minimum absolute atomic E-state index is 0.131. The largest absolute Gasteiger partial charge is 0.492 e. The highest BCUT2D eigenvalue weighted by atomic mass is 16.7. The molecule has 2 aromatic rings. The molecule has 12 nitrogen and oxygen atoms in total. The minimum Gasteiger partial charge on any atom is -0.492 e. The number of likely N-dealkylation sites (N-methyl/N-ethyl adjacent to an activating group) is 2. The number of para-hydroxylation sites is 1. The molecule has 4 amide bonds. The number of nitrogens with zero attached hydrogens (tertiary/aromatic N) is 4. The first-order valence-corrected chi connectivity index (χ1v) is 17.6. The van der Waals surface area contributed by atoms with E-state index in [0.717, 1.165) is 32.1 Å². The smallest absolute Gasteiger partial charge is 0.410 e. The summed E-state index contributed by atoms with van der Waals surface area (Å²) in [5.74, 6) is 1.02. The number of likely N-dealkylation sites (tertiary alicyclic amines) is 1. The SMILES string of the molecule is CN(CCC[C@H]1C(=O)N(C)CCCCC2(CCN(C(=O)OC(C)(C)C)CC2)COc2ccccc2C(=O)N1C)C(=O)c1ccc2c(c1)OCO2. The first-order valence-electron chi connectivity index (χ1n) is 17.6. The van der Waals surface area contributed by atoms with Crippen LogP contribution in [0.3, 0.4) is 0 Å². The maximum absolute atomic E-state index is 14.1. The van der Waals surface area contributed by atoms with Gasteiger partial charge in [-0.05, 0) is 89.6 Å². The zero-order chi connectivity index (χ0) is 36.1. The molecule has 12 heteroatoms. The highest BCUT2D eigenvalue weighted by molar-refractivity contribution is 5.99. The topological polar surface area (TPSA) is 118 Å². The van der Waals surface area contributed by atoms with Crippen LogP contribution in [0.1, 0.15) is 86.4 Å². The van der Waals surface area contributed by atoms with Gasteiger partial charge in [-0.2, -0.15) is 0 Å². The van der Waals surface area contributed by atoms with Crippen molar-refractivity contribution in [3.05, 3.63) is 53.6 Å². The van der Waals surface area contributed by atoms with Gasteiger partial charge in [-0.15, -0.1) is 0 Å². The second-order valence-electron chi connectivity index (χ2n) is 14.8. The molecule has 3 aliphatic heterocycles. The summed E-state index contributed by atoms with van der Waals surface area (Å²) < 4.78 is 22.9. The molecule has 1 atom stereocenters. The Morgan fingerprint density at radius 3 is 2.38 bits per heavy atom. The van der Waals surface area contributed by atoms with Gasteiger partial charge in [0.05, 0.1) is 12.2 Å². The van der Waals surface area contributed by atoms with E-state index < -0.39 is 11.6 Å². The Bertz CT molecular complexity index is 1550.